The van der Waals surface area contributed by atoms with E-state index < -0.39 is 0 Å². The fourth-order valence-electron chi connectivity index (χ4n) is 2.50. The Morgan fingerprint density at radius 1 is 1.43 bits per heavy atom. The predicted octanol–water partition coefficient (Wildman–Crippen LogP) is 2.85. The van der Waals surface area contributed by atoms with Crippen molar-refractivity contribution in [3.05, 3.63) is 28.8 Å². The summed E-state index contributed by atoms with van der Waals surface area (Å²) in [5, 5.41) is 0.676. The summed E-state index contributed by atoms with van der Waals surface area (Å²) in [5.74, 6) is 0.791. The molecule has 1 aliphatic rings. The number of nitrogens with zero attached hydrogens (tertiary/aromatic N) is 1. The van der Waals surface area contributed by atoms with Crippen LogP contribution in [0.4, 0.5) is 0 Å². The number of halogens is 1. The minimum absolute atomic E-state index is 0.0951. The lowest BCUT2D eigenvalue weighted by Crippen LogP contribution is -2.47. The Morgan fingerprint density at radius 3 is 2.86 bits per heavy atom. The van der Waals surface area contributed by atoms with Crippen molar-refractivity contribution in [3.63, 3.8) is 0 Å². The highest BCUT2D eigenvalue weighted by atomic mass is 35.5. The lowest BCUT2D eigenvalue weighted by atomic mass is 10.1. The summed E-state index contributed by atoms with van der Waals surface area (Å²) in [7, 11) is 0. The number of rotatable bonds is 5. The minimum Gasteiger partial charge on any atom is -0.490 e. The molecule has 1 aromatic carbocycles. The van der Waals surface area contributed by atoms with Crippen molar-refractivity contribution >= 4 is 11.6 Å². The van der Waals surface area contributed by atoms with Crippen LogP contribution in [0.5, 0.6) is 5.75 Å². The van der Waals surface area contributed by atoms with Crippen molar-refractivity contribution in [2.75, 3.05) is 26.3 Å². The molecule has 21 heavy (non-hydrogen) atoms. The Kier molecular flexibility index (Phi) is 5.88. The van der Waals surface area contributed by atoms with Crippen LogP contribution < -0.4 is 10.5 Å². The zero-order valence-electron chi connectivity index (χ0n) is 13.0. The molecule has 2 rings (SSSR count). The minimum atomic E-state index is -0.113. The molecule has 0 amide bonds. The van der Waals surface area contributed by atoms with Crippen molar-refractivity contribution in [1.29, 1.82) is 0 Å². The average Bonchev–Trinajstić information content (AvgIpc) is 2.46. The van der Waals surface area contributed by atoms with Crippen molar-refractivity contribution < 1.29 is 9.47 Å². The lowest BCUT2D eigenvalue weighted by Gasteiger charge is -2.35. The van der Waals surface area contributed by atoms with E-state index in [0.29, 0.717) is 17.7 Å². The molecule has 0 bridgehead atoms. The first-order valence-corrected chi connectivity index (χ1v) is 7.88. The van der Waals surface area contributed by atoms with Crippen LogP contribution in [0.1, 0.15) is 32.4 Å². The van der Waals surface area contributed by atoms with Crippen molar-refractivity contribution in [2.45, 2.75) is 39.0 Å². The Morgan fingerprint density at radius 2 is 2.19 bits per heavy atom. The van der Waals surface area contributed by atoms with Crippen LogP contribution in [-0.2, 0) is 4.74 Å². The second-order valence-corrected chi connectivity index (χ2v) is 6.30. The SMILES string of the molecule is CC(C)N1CCOC(COc2ccc(Cl)cc2[C@H](C)N)C1. The fraction of sp³-hybridized carbons (Fsp3) is 0.625. The van der Waals surface area contributed by atoms with Crippen LogP contribution in [0, 0.1) is 0 Å². The molecule has 4 nitrogen and oxygen atoms in total. The Labute approximate surface area is 132 Å². The van der Waals surface area contributed by atoms with Gasteiger partial charge >= 0.3 is 0 Å². The molecule has 0 radical (unpaired) electrons. The molecule has 1 aromatic rings. The maximum absolute atomic E-state index is 6.02. The second-order valence-electron chi connectivity index (χ2n) is 5.86. The first kappa shape index (κ1) is 16.6. The van der Waals surface area contributed by atoms with Gasteiger partial charge < -0.3 is 15.2 Å². The second kappa shape index (κ2) is 7.45. The third-order valence-corrected chi connectivity index (χ3v) is 4.02. The number of ether oxygens (including phenoxy) is 2. The number of hydrogen-bond acceptors (Lipinski definition) is 4. The van der Waals surface area contributed by atoms with E-state index in [0.717, 1.165) is 31.0 Å². The first-order valence-electron chi connectivity index (χ1n) is 7.51. The summed E-state index contributed by atoms with van der Waals surface area (Å²) in [5.41, 5.74) is 6.91. The molecule has 2 N–H and O–H groups in total. The Hall–Kier alpha value is -0.810. The highest BCUT2D eigenvalue weighted by Gasteiger charge is 2.23. The van der Waals surface area contributed by atoms with Gasteiger partial charge in [-0.3, -0.25) is 4.90 Å². The van der Waals surface area contributed by atoms with Gasteiger partial charge in [-0.1, -0.05) is 11.6 Å². The number of nitrogens with two attached hydrogens (primary N) is 1. The summed E-state index contributed by atoms with van der Waals surface area (Å²) in [4.78, 5) is 2.41. The Balaban J connectivity index is 1.96. The van der Waals surface area contributed by atoms with E-state index in [9.17, 15) is 0 Å². The summed E-state index contributed by atoms with van der Waals surface area (Å²) in [6.45, 7) is 9.51. The van der Waals surface area contributed by atoms with Gasteiger partial charge in [0.05, 0.1) is 6.61 Å². The smallest absolute Gasteiger partial charge is 0.124 e. The molecule has 2 atom stereocenters. The van der Waals surface area contributed by atoms with E-state index in [2.05, 4.69) is 18.7 Å². The van der Waals surface area contributed by atoms with E-state index in [1.54, 1.807) is 0 Å². The molecule has 118 valence electrons. The zero-order valence-corrected chi connectivity index (χ0v) is 13.8. The van der Waals surface area contributed by atoms with E-state index in [4.69, 9.17) is 26.8 Å². The maximum atomic E-state index is 6.02. The van der Waals surface area contributed by atoms with E-state index in [1.165, 1.54) is 0 Å². The summed E-state index contributed by atoms with van der Waals surface area (Å²) in [6.07, 6.45) is 0.0951. The first-order chi connectivity index (χ1) is 9.97. The molecule has 1 unspecified atom stereocenters. The van der Waals surface area contributed by atoms with Gasteiger partial charge in [0.1, 0.15) is 18.5 Å². The van der Waals surface area contributed by atoms with E-state index >= 15 is 0 Å². The Bertz CT molecular complexity index is 466. The number of hydrogen-bond donors (Lipinski definition) is 1. The lowest BCUT2D eigenvalue weighted by molar-refractivity contribution is -0.0565. The summed E-state index contributed by atoms with van der Waals surface area (Å²) < 4.78 is 11.7. The normalized spacial score (nSPS) is 21.5. The maximum Gasteiger partial charge on any atom is 0.124 e. The van der Waals surface area contributed by atoms with Crippen molar-refractivity contribution in [1.82, 2.24) is 4.90 Å². The van der Waals surface area contributed by atoms with Crippen molar-refractivity contribution in [3.8, 4) is 5.75 Å². The molecular weight excluding hydrogens is 288 g/mol. The van der Waals surface area contributed by atoms with E-state index in [1.807, 2.05) is 25.1 Å². The molecule has 1 saturated heterocycles. The van der Waals surface area contributed by atoms with Crippen LogP contribution >= 0.6 is 11.6 Å². The third-order valence-electron chi connectivity index (χ3n) is 3.79. The van der Waals surface area contributed by atoms with Gasteiger partial charge in [-0.25, -0.2) is 0 Å². The van der Waals surface area contributed by atoms with Gasteiger partial charge in [-0.05, 0) is 39.0 Å². The standard InChI is InChI=1S/C16H25ClN2O2/c1-11(2)19-6-7-20-14(9-19)10-21-16-5-4-13(17)8-15(16)12(3)18/h4-5,8,11-12,14H,6-7,9-10,18H2,1-3H3/t12-,14?/m0/s1. The fourth-order valence-corrected chi connectivity index (χ4v) is 2.68. The van der Waals surface area contributed by atoms with Gasteiger partial charge in [-0.15, -0.1) is 0 Å². The molecule has 0 aromatic heterocycles. The molecule has 0 aliphatic carbocycles. The van der Waals surface area contributed by atoms with E-state index in [-0.39, 0.29) is 12.1 Å². The molecule has 1 fully saturated rings. The highest BCUT2D eigenvalue weighted by Crippen LogP contribution is 2.27. The van der Waals surface area contributed by atoms with Crippen molar-refractivity contribution in [2.24, 2.45) is 5.73 Å². The summed E-state index contributed by atoms with van der Waals surface area (Å²) in [6, 6.07) is 5.99. The largest absolute Gasteiger partial charge is 0.490 e. The van der Waals surface area contributed by atoms with Crippen LogP contribution in [0.15, 0.2) is 18.2 Å². The summed E-state index contributed by atoms with van der Waals surface area (Å²) >= 11 is 6.02. The molecule has 1 heterocycles. The molecule has 1 aliphatic heterocycles. The molecule has 0 spiro atoms. The van der Waals surface area contributed by atoms with Gasteiger partial charge in [0.15, 0.2) is 0 Å². The predicted molar refractivity (Wildman–Crippen MR) is 86.0 cm³/mol. The van der Waals surface area contributed by atoms with Crippen LogP contribution in [0.2, 0.25) is 5.02 Å². The number of benzene rings is 1. The molecule has 0 saturated carbocycles. The third kappa shape index (κ3) is 4.58. The van der Waals surface area contributed by atoms with Crippen LogP contribution in [-0.4, -0.2) is 43.3 Å². The average molecular weight is 313 g/mol. The molecule has 5 heteroatoms. The van der Waals surface area contributed by atoms with Crippen LogP contribution in [0.25, 0.3) is 0 Å². The topological polar surface area (TPSA) is 47.7 Å². The monoisotopic (exact) mass is 312 g/mol. The zero-order chi connectivity index (χ0) is 15.4. The molecular formula is C16H25ClN2O2. The number of morpholine rings is 1. The van der Waals surface area contributed by atoms with Gasteiger partial charge in [0.25, 0.3) is 0 Å². The quantitative estimate of drug-likeness (QED) is 0.908. The van der Waals surface area contributed by atoms with Gasteiger partial charge in [0.2, 0.25) is 0 Å². The van der Waals surface area contributed by atoms with Crippen LogP contribution in [0.3, 0.4) is 0 Å². The van der Waals surface area contributed by atoms with Gasteiger partial charge in [0, 0.05) is 35.8 Å². The van der Waals surface area contributed by atoms with Gasteiger partial charge in [-0.2, -0.15) is 0 Å². The highest BCUT2D eigenvalue weighted by molar-refractivity contribution is 6.30.